The zero-order valence-electron chi connectivity index (χ0n) is 18.0. The fraction of sp³-hybridized carbons (Fsp3) is 0.308. The van der Waals surface area contributed by atoms with Crippen molar-refractivity contribution >= 4 is 17.4 Å². The number of rotatable bonds is 4. The maximum Gasteiger partial charge on any atom is 0.265 e. The summed E-state index contributed by atoms with van der Waals surface area (Å²) in [5.41, 5.74) is 9.64. The van der Waals surface area contributed by atoms with Crippen LogP contribution < -0.4 is 5.73 Å². The van der Waals surface area contributed by atoms with Crippen LogP contribution >= 0.6 is 0 Å². The minimum atomic E-state index is -1.27. The van der Waals surface area contributed by atoms with E-state index in [1.807, 2.05) is 36.4 Å². The number of nitrogens with zero attached hydrogens (tertiary/aromatic N) is 2. The molecule has 2 aliphatic carbocycles. The number of benzene rings is 2. The monoisotopic (exact) mass is 413 g/mol. The highest BCUT2D eigenvalue weighted by atomic mass is 16.5. The maximum absolute atomic E-state index is 13.8. The van der Waals surface area contributed by atoms with Crippen molar-refractivity contribution in [3.05, 3.63) is 89.0 Å². The van der Waals surface area contributed by atoms with Crippen molar-refractivity contribution in [2.24, 2.45) is 10.7 Å². The zero-order valence-corrected chi connectivity index (χ0v) is 18.0. The highest BCUT2D eigenvalue weighted by Gasteiger charge is 2.62. The Morgan fingerprint density at radius 3 is 2.58 bits per heavy atom. The largest absolute Gasteiger partial charge is 0.370 e. The summed E-state index contributed by atoms with van der Waals surface area (Å²) < 4.78 is 6.22. The minimum absolute atomic E-state index is 0.163. The fourth-order valence-corrected chi connectivity index (χ4v) is 5.25. The van der Waals surface area contributed by atoms with Gasteiger partial charge in [-0.05, 0) is 53.2 Å². The lowest BCUT2D eigenvalue weighted by atomic mass is 9.68. The van der Waals surface area contributed by atoms with Gasteiger partial charge in [0.1, 0.15) is 5.60 Å². The van der Waals surface area contributed by atoms with Crippen LogP contribution in [0, 0.1) is 0 Å². The Morgan fingerprint density at radius 1 is 1.10 bits per heavy atom. The van der Waals surface area contributed by atoms with Gasteiger partial charge in [-0.2, -0.15) is 0 Å². The molecular weight excluding hydrogens is 386 g/mol. The van der Waals surface area contributed by atoms with E-state index in [2.05, 4.69) is 30.3 Å². The first kappa shape index (κ1) is 19.8. The van der Waals surface area contributed by atoms with E-state index in [0.29, 0.717) is 6.42 Å². The van der Waals surface area contributed by atoms with E-state index in [9.17, 15) is 4.79 Å². The van der Waals surface area contributed by atoms with Crippen molar-refractivity contribution in [2.45, 2.75) is 36.8 Å². The van der Waals surface area contributed by atoms with Crippen LogP contribution in [0.15, 0.2) is 71.8 Å². The number of nitrogens with two attached hydrogens (primary N) is 1. The number of ether oxygens (including phenoxy) is 1. The van der Waals surface area contributed by atoms with Crippen LogP contribution in [0.4, 0.5) is 0 Å². The SMILES string of the molecule is COC1(C2(c3ccc4c(c3)CCC4)N=C(N)N(C)C2=O)C=CC=C(c2ccccc2)C1. The number of likely N-dealkylation sites (N-methyl/N-ethyl adjacent to an activating group) is 1. The molecule has 0 saturated carbocycles. The molecule has 2 aromatic rings. The molecule has 0 bridgehead atoms. The summed E-state index contributed by atoms with van der Waals surface area (Å²) in [5.74, 6) is 0.0508. The number of methoxy groups -OCH3 is 1. The van der Waals surface area contributed by atoms with E-state index in [-0.39, 0.29) is 11.9 Å². The van der Waals surface area contributed by atoms with Crippen LogP contribution in [0.2, 0.25) is 0 Å². The Labute approximate surface area is 182 Å². The van der Waals surface area contributed by atoms with Crippen LogP contribution in [0.1, 0.15) is 35.1 Å². The molecule has 31 heavy (non-hydrogen) atoms. The van der Waals surface area contributed by atoms with E-state index in [1.54, 1.807) is 14.2 Å². The number of hydrogen-bond donors (Lipinski definition) is 1. The molecule has 0 spiro atoms. The topological polar surface area (TPSA) is 67.9 Å². The van der Waals surface area contributed by atoms with Gasteiger partial charge in [-0.1, -0.05) is 60.7 Å². The van der Waals surface area contributed by atoms with Gasteiger partial charge in [-0.25, -0.2) is 4.99 Å². The molecular formula is C26H27N3O2. The average molecular weight is 414 g/mol. The third-order valence-corrected chi connectivity index (χ3v) is 6.99. The summed E-state index contributed by atoms with van der Waals surface area (Å²) in [5, 5.41) is 0. The minimum Gasteiger partial charge on any atom is -0.370 e. The lowest BCUT2D eigenvalue weighted by molar-refractivity contribution is -0.140. The van der Waals surface area contributed by atoms with Gasteiger partial charge in [-0.15, -0.1) is 0 Å². The number of aryl methyl sites for hydroxylation is 2. The van der Waals surface area contributed by atoms with E-state index in [4.69, 9.17) is 15.5 Å². The van der Waals surface area contributed by atoms with Crippen LogP contribution in [0.25, 0.3) is 5.57 Å². The van der Waals surface area contributed by atoms with Gasteiger partial charge in [0.05, 0.1) is 0 Å². The molecule has 3 aliphatic rings. The first-order valence-corrected chi connectivity index (χ1v) is 10.8. The first-order valence-electron chi connectivity index (χ1n) is 10.8. The van der Waals surface area contributed by atoms with Crippen molar-refractivity contribution in [2.75, 3.05) is 14.2 Å². The molecule has 2 atom stereocenters. The summed E-state index contributed by atoms with van der Waals surface area (Å²) in [7, 11) is 3.34. The molecule has 0 aromatic heterocycles. The fourth-order valence-electron chi connectivity index (χ4n) is 5.25. The molecule has 5 rings (SSSR count). The molecule has 1 heterocycles. The van der Waals surface area contributed by atoms with Crippen LogP contribution in [0.3, 0.4) is 0 Å². The number of carbonyl (C=O) groups excluding carboxylic acids is 1. The molecule has 0 radical (unpaired) electrons. The van der Waals surface area contributed by atoms with Crippen molar-refractivity contribution in [1.82, 2.24) is 4.90 Å². The smallest absolute Gasteiger partial charge is 0.265 e. The number of hydrogen-bond acceptors (Lipinski definition) is 4. The maximum atomic E-state index is 13.8. The molecule has 2 N–H and O–H groups in total. The Hall–Kier alpha value is -3.18. The Balaban J connectivity index is 1.69. The Kier molecular flexibility index (Phi) is 4.59. The van der Waals surface area contributed by atoms with Gasteiger partial charge < -0.3 is 10.5 Å². The van der Waals surface area contributed by atoms with E-state index in [1.165, 1.54) is 16.0 Å². The summed E-state index contributed by atoms with van der Waals surface area (Å²) in [4.78, 5) is 20.1. The first-order chi connectivity index (χ1) is 15.0. The third kappa shape index (κ3) is 2.80. The molecule has 0 fully saturated rings. The number of allylic oxidation sites excluding steroid dienone is 2. The average Bonchev–Trinajstić information content (AvgIpc) is 3.38. The number of carbonyl (C=O) groups is 1. The molecule has 2 unspecified atom stereocenters. The van der Waals surface area contributed by atoms with Gasteiger partial charge in [0.25, 0.3) is 5.91 Å². The number of aliphatic imine (C=N–C) groups is 1. The molecule has 1 amide bonds. The van der Waals surface area contributed by atoms with Gasteiger partial charge in [0, 0.05) is 20.6 Å². The Morgan fingerprint density at radius 2 is 1.87 bits per heavy atom. The van der Waals surface area contributed by atoms with Crippen LogP contribution in [-0.2, 0) is 27.9 Å². The highest BCUT2D eigenvalue weighted by molar-refractivity contribution is 6.08. The molecule has 5 heteroatoms. The predicted molar refractivity (Wildman–Crippen MR) is 122 cm³/mol. The second-order valence-corrected chi connectivity index (χ2v) is 8.57. The van der Waals surface area contributed by atoms with Crippen molar-refractivity contribution < 1.29 is 9.53 Å². The number of guanidine groups is 1. The van der Waals surface area contributed by atoms with E-state index in [0.717, 1.165) is 36.0 Å². The normalized spacial score (nSPS) is 27.3. The highest BCUT2D eigenvalue weighted by Crippen LogP contribution is 2.50. The molecule has 0 saturated heterocycles. The Bertz CT molecular complexity index is 1130. The van der Waals surface area contributed by atoms with Gasteiger partial charge in [-0.3, -0.25) is 9.69 Å². The lowest BCUT2D eigenvalue weighted by Crippen LogP contribution is -2.57. The third-order valence-electron chi connectivity index (χ3n) is 6.99. The quantitative estimate of drug-likeness (QED) is 0.833. The molecule has 1 aliphatic heterocycles. The zero-order chi connectivity index (χ0) is 21.6. The molecule has 5 nitrogen and oxygen atoms in total. The summed E-state index contributed by atoms with van der Waals surface area (Å²) in [6.45, 7) is 0. The summed E-state index contributed by atoms with van der Waals surface area (Å²) in [6, 6.07) is 16.5. The van der Waals surface area contributed by atoms with Gasteiger partial charge in [0.2, 0.25) is 5.54 Å². The van der Waals surface area contributed by atoms with Crippen molar-refractivity contribution in [3.8, 4) is 0 Å². The number of fused-ring (bicyclic) bond motifs is 1. The van der Waals surface area contributed by atoms with Crippen LogP contribution in [0.5, 0.6) is 0 Å². The summed E-state index contributed by atoms with van der Waals surface area (Å²) in [6.07, 6.45) is 9.78. The van der Waals surface area contributed by atoms with Crippen molar-refractivity contribution in [3.63, 3.8) is 0 Å². The molecule has 2 aromatic carbocycles. The second-order valence-electron chi connectivity index (χ2n) is 8.57. The number of amides is 1. The predicted octanol–water partition coefficient (Wildman–Crippen LogP) is 3.59. The van der Waals surface area contributed by atoms with Crippen LogP contribution in [-0.4, -0.2) is 36.5 Å². The summed E-state index contributed by atoms with van der Waals surface area (Å²) >= 11 is 0. The standard InChI is InChI=1S/C26H27N3O2/c1-29-23(30)26(28-24(29)27,22-14-13-19-10-6-11-20(19)16-22)25(31-2)15-7-12-21(17-25)18-8-4-3-5-9-18/h3-5,7-9,12-16H,6,10-11,17H2,1-2H3,(H2,27,28). The van der Waals surface area contributed by atoms with Crippen molar-refractivity contribution in [1.29, 1.82) is 0 Å². The van der Waals surface area contributed by atoms with Gasteiger partial charge >= 0.3 is 0 Å². The lowest BCUT2D eigenvalue weighted by Gasteiger charge is -2.44. The second kappa shape index (κ2) is 7.20. The van der Waals surface area contributed by atoms with Gasteiger partial charge in [0.15, 0.2) is 5.96 Å². The van der Waals surface area contributed by atoms with E-state index >= 15 is 0 Å². The molecule has 158 valence electrons. The van der Waals surface area contributed by atoms with E-state index < -0.39 is 11.1 Å².